The molecule has 5 heteroatoms. The number of nitrogens with one attached hydrogen (secondary N) is 2. The van der Waals surface area contributed by atoms with E-state index in [0.717, 1.165) is 19.5 Å². The average Bonchev–Trinajstić information content (AvgIpc) is 2.74. The van der Waals surface area contributed by atoms with Crippen LogP contribution in [0.3, 0.4) is 0 Å². The Bertz CT molecular complexity index is 405. The maximum Gasteiger partial charge on any atom is 0.254 e. The van der Waals surface area contributed by atoms with Crippen molar-refractivity contribution in [3.05, 3.63) is 34.6 Å². The monoisotopic (exact) mass is 242 g/mol. The number of halogens is 2. The summed E-state index contributed by atoms with van der Waals surface area (Å²) in [5.74, 6) is -1.07. The molecule has 1 aliphatic rings. The summed E-state index contributed by atoms with van der Waals surface area (Å²) in [7, 11) is 0. The van der Waals surface area contributed by atoms with Gasteiger partial charge in [0.1, 0.15) is 0 Å². The summed E-state index contributed by atoms with van der Waals surface area (Å²) in [6.45, 7) is 1.61. The number of amides is 1. The molecule has 0 radical (unpaired) electrons. The van der Waals surface area contributed by atoms with Crippen molar-refractivity contribution in [1.29, 1.82) is 0 Å². The van der Waals surface area contributed by atoms with E-state index < -0.39 is 11.7 Å². The molecule has 0 aromatic heterocycles. The van der Waals surface area contributed by atoms with E-state index >= 15 is 0 Å². The van der Waals surface area contributed by atoms with Crippen molar-refractivity contribution < 1.29 is 9.18 Å². The summed E-state index contributed by atoms with van der Waals surface area (Å²) < 4.78 is 13.5. The molecule has 1 aromatic carbocycles. The zero-order chi connectivity index (χ0) is 11.5. The van der Waals surface area contributed by atoms with Crippen LogP contribution >= 0.6 is 11.6 Å². The van der Waals surface area contributed by atoms with E-state index in [1.54, 1.807) is 6.07 Å². The van der Waals surface area contributed by atoms with Crippen molar-refractivity contribution in [2.24, 2.45) is 0 Å². The van der Waals surface area contributed by atoms with Crippen molar-refractivity contribution in [2.45, 2.75) is 12.5 Å². The molecule has 2 rings (SSSR count). The summed E-state index contributed by atoms with van der Waals surface area (Å²) in [4.78, 5) is 11.7. The van der Waals surface area contributed by atoms with Gasteiger partial charge in [-0.3, -0.25) is 4.79 Å². The molecule has 0 spiro atoms. The van der Waals surface area contributed by atoms with Gasteiger partial charge in [0.05, 0.1) is 10.6 Å². The molecule has 1 amide bonds. The van der Waals surface area contributed by atoms with E-state index in [1.807, 2.05) is 0 Å². The highest BCUT2D eigenvalue weighted by molar-refractivity contribution is 6.31. The van der Waals surface area contributed by atoms with E-state index in [9.17, 15) is 9.18 Å². The molecule has 1 saturated heterocycles. The summed E-state index contributed by atoms with van der Waals surface area (Å²) >= 11 is 5.61. The van der Waals surface area contributed by atoms with Gasteiger partial charge < -0.3 is 10.6 Å². The molecule has 1 atom stereocenters. The van der Waals surface area contributed by atoms with E-state index in [0.29, 0.717) is 0 Å². The fourth-order valence-electron chi connectivity index (χ4n) is 1.72. The van der Waals surface area contributed by atoms with E-state index in [-0.39, 0.29) is 16.6 Å². The lowest BCUT2D eigenvalue weighted by molar-refractivity contribution is 0.0936. The van der Waals surface area contributed by atoms with Crippen molar-refractivity contribution in [1.82, 2.24) is 10.6 Å². The first-order valence-corrected chi connectivity index (χ1v) is 5.52. The molecule has 86 valence electrons. The van der Waals surface area contributed by atoms with Crippen molar-refractivity contribution in [3.8, 4) is 0 Å². The van der Waals surface area contributed by atoms with E-state index in [2.05, 4.69) is 10.6 Å². The van der Waals surface area contributed by atoms with Gasteiger partial charge in [0.25, 0.3) is 5.91 Å². The third-order valence-corrected chi connectivity index (χ3v) is 2.88. The number of hydrogen-bond donors (Lipinski definition) is 2. The first-order chi connectivity index (χ1) is 7.68. The van der Waals surface area contributed by atoms with Gasteiger partial charge in [-0.1, -0.05) is 17.7 Å². The fraction of sp³-hybridized carbons (Fsp3) is 0.364. The van der Waals surface area contributed by atoms with Gasteiger partial charge in [0, 0.05) is 12.6 Å². The largest absolute Gasteiger partial charge is 0.348 e. The highest BCUT2D eigenvalue weighted by Gasteiger charge is 2.20. The Hall–Kier alpha value is -1.13. The fourth-order valence-corrected chi connectivity index (χ4v) is 1.89. The highest BCUT2D eigenvalue weighted by Crippen LogP contribution is 2.17. The lowest BCUT2D eigenvalue weighted by atomic mass is 10.1. The highest BCUT2D eigenvalue weighted by atomic mass is 35.5. The lowest BCUT2D eigenvalue weighted by Crippen LogP contribution is -2.36. The van der Waals surface area contributed by atoms with Gasteiger partial charge in [-0.15, -0.1) is 0 Å². The van der Waals surface area contributed by atoms with Gasteiger partial charge in [0.2, 0.25) is 0 Å². The zero-order valence-electron chi connectivity index (χ0n) is 8.59. The molecule has 1 aliphatic heterocycles. The second kappa shape index (κ2) is 4.80. The zero-order valence-corrected chi connectivity index (χ0v) is 9.35. The summed E-state index contributed by atoms with van der Waals surface area (Å²) in [6, 6.07) is 4.49. The third kappa shape index (κ3) is 2.33. The maximum absolute atomic E-state index is 13.5. The summed E-state index contributed by atoms with van der Waals surface area (Å²) in [6.07, 6.45) is 0.869. The Morgan fingerprint density at radius 2 is 2.38 bits per heavy atom. The number of carbonyl (C=O) groups excluding carboxylic acids is 1. The molecule has 2 N–H and O–H groups in total. The van der Waals surface area contributed by atoms with Crippen LogP contribution in [0.25, 0.3) is 0 Å². The second-order valence-corrected chi connectivity index (χ2v) is 4.17. The smallest absolute Gasteiger partial charge is 0.254 e. The minimum absolute atomic E-state index is 0.000556. The molecule has 0 bridgehead atoms. The first kappa shape index (κ1) is 11.4. The molecule has 0 saturated carbocycles. The topological polar surface area (TPSA) is 41.1 Å². The standard InChI is InChI=1S/C11H12ClFN2O/c12-9-3-1-2-8(10(9)13)11(16)15-7-4-5-14-6-7/h1-3,7,14H,4-6H2,(H,15,16)/t7-/m1/s1. The number of benzene rings is 1. The molecule has 3 nitrogen and oxygen atoms in total. The maximum atomic E-state index is 13.5. The Labute approximate surface area is 98.0 Å². The van der Waals surface area contributed by atoms with Crippen LogP contribution in [0, 0.1) is 5.82 Å². The number of hydrogen-bond acceptors (Lipinski definition) is 2. The van der Waals surface area contributed by atoms with Crippen LogP contribution in [0.4, 0.5) is 4.39 Å². The third-order valence-electron chi connectivity index (χ3n) is 2.59. The van der Waals surface area contributed by atoms with Gasteiger partial charge in [-0.25, -0.2) is 4.39 Å². The van der Waals surface area contributed by atoms with Crippen LogP contribution in [-0.2, 0) is 0 Å². The van der Waals surface area contributed by atoms with Crippen LogP contribution in [0.15, 0.2) is 18.2 Å². The van der Waals surface area contributed by atoms with Crippen LogP contribution in [0.5, 0.6) is 0 Å². The van der Waals surface area contributed by atoms with Crippen molar-refractivity contribution in [3.63, 3.8) is 0 Å². The van der Waals surface area contributed by atoms with Crippen LogP contribution in [0.1, 0.15) is 16.8 Å². The summed E-state index contributed by atoms with van der Waals surface area (Å²) in [5, 5.41) is 5.85. The Morgan fingerprint density at radius 1 is 1.56 bits per heavy atom. The van der Waals surface area contributed by atoms with Crippen molar-refractivity contribution >= 4 is 17.5 Å². The Morgan fingerprint density at radius 3 is 3.06 bits per heavy atom. The summed E-state index contributed by atoms with van der Waals surface area (Å²) in [5.41, 5.74) is -0.000556. The molecule has 0 aliphatic carbocycles. The number of rotatable bonds is 2. The van der Waals surface area contributed by atoms with Gasteiger partial charge in [-0.05, 0) is 25.1 Å². The van der Waals surface area contributed by atoms with Crippen LogP contribution in [0.2, 0.25) is 5.02 Å². The predicted octanol–water partition coefficient (Wildman–Crippen LogP) is 1.57. The molecular formula is C11H12ClFN2O. The van der Waals surface area contributed by atoms with Gasteiger partial charge in [-0.2, -0.15) is 0 Å². The first-order valence-electron chi connectivity index (χ1n) is 5.14. The minimum Gasteiger partial charge on any atom is -0.348 e. The normalized spacial score (nSPS) is 19.8. The SMILES string of the molecule is O=C(N[C@@H]1CCNC1)c1cccc(Cl)c1F. The van der Waals surface area contributed by atoms with Crippen LogP contribution < -0.4 is 10.6 Å². The average molecular weight is 243 g/mol. The number of carbonyl (C=O) groups is 1. The molecule has 1 fully saturated rings. The molecule has 1 heterocycles. The van der Waals surface area contributed by atoms with Crippen LogP contribution in [-0.4, -0.2) is 25.0 Å². The van der Waals surface area contributed by atoms with Gasteiger partial charge >= 0.3 is 0 Å². The Balaban J connectivity index is 2.11. The lowest BCUT2D eigenvalue weighted by Gasteiger charge is -2.11. The van der Waals surface area contributed by atoms with Gasteiger partial charge in [0.15, 0.2) is 5.82 Å². The minimum atomic E-state index is -0.660. The van der Waals surface area contributed by atoms with Crippen molar-refractivity contribution in [2.75, 3.05) is 13.1 Å². The molecule has 0 unspecified atom stereocenters. The quantitative estimate of drug-likeness (QED) is 0.827. The molecule has 1 aromatic rings. The predicted molar refractivity (Wildman–Crippen MR) is 60.2 cm³/mol. The Kier molecular flexibility index (Phi) is 3.41. The second-order valence-electron chi connectivity index (χ2n) is 3.76. The van der Waals surface area contributed by atoms with E-state index in [1.165, 1.54) is 12.1 Å². The molecule has 16 heavy (non-hydrogen) atoms. The molecular weight excluding hydrogens is 231 g/mol. The van der Waals surface area contributed by atoms with E-state index in [4.69, 9.17) is 11.6 Å².